The van der Waals surface area contributed by atoms with E-state index in [4.69, 9.17) is 15.2 Å². The lowest BCUT2D eigenvalue weighted by molar-refractivity contribution is 0.0388. The molecule has 2 aliphatic heterocycles. The number of nitrogen functional groups attached to an aromatic ring is 1. The maximum Gasteiger partial charge on any atom is 0.224 e. The van der Waals surface area contributed by atoms with Gasteiger partial charge in [-0.05, 0) is 58.3 Å². The second-order valence-corrected chi connectivity index (χ2v) is 8.37. The van der Waals surface area contributed by atoms with Crippen LogP contribution < -0.4 is 25.8 Å². The van der Waals surface area contributed by atoms with Gasteiger partial charge in [-0.3, -0.25) is 4.90 Å². The van der Waals surface area contributed by atoms with Gasteiger partial charge in [0.2, 0.25) is 5.95 Å². The Morgan fingerprint density at radius 2 is 1.87 bits per heavy atom. The third-order valence-corrected chi connectivity index (χ3v) is 6.75. The Bertz CT molecular complexity index is 891. The molecule has 0 atom stereocenters. The fourth-order valence-electron chi connectivity index (χ4n) is 5.21. The van der Waals surface area contributed by atoms with E-state index >= 15 is 0 Å². The fraction of sp³-hybridized carbons (Fsp3) is 0.636. The topological polar surface area (TPSA) is 97.6 Å². The second kappa shape index (κ2) is 8.81. The van der Waals surface area contributed by atoms with Crippen molar-refractivity contribution in [2.45, 2.75) is 44.1 Å². The average Bonchev–Trinajstić information content (AvgIpc) is 2.79. The third-order valence-electron chi connectivity index (χ3n) is 6.75. The number of rotatable bonds is 6. The van der Waals surface area contributed by atoms with Crippen molar-refractivity contribution in [1.29, 1.82) is 0 Å². The Morgan fingerprint density at radius 1 is 1.13 bits per heavy atom. The van der Waals surface area contributed by atoms with Crippen LogP contribution in [0.15, 0.2) is 6.07 Å². The van der Waals surface area contributed by atoms with E-state index in [0.717, 1.165) is 67.7 Å². The summed E-state index contributed by atoms with van der Waals surface area (Å²) in [6, 6.07) is 1.90. The average molecular weight is 415 g/mol. The third kappa shape index (κ3) is 3.74. The predicted molar refractivity (Wildman–Crippen MR) is 121 cm³/mol. The summed E-state index contributed by atoms with van der Waals surface area (Å²) in [4.78, 5) is 11.8. The van der Waals surface area contributed by atoms with Gasteiger partial charge in [-0.2, -0.15) is 4.98 Å². The van der Waals surface area contributed by atoms with E-state index in [-0.39, 0.29) is 5.54 Å². The standard InChI is InChI=1S/C22H34N6O2/c1-24-21-26-16-13-17(29-2)19(30-3)15(18(16)20(23)27-21)14-22(7-9-25-10-8-22)28-11-5-4-6-12-28/h13,25H,4-12,14H2,1-3H3,(H3,23,24,26,27). The Balaban J connectivity index is 1.88. The van der Waals surface area contributed by atoms with E-state index in [9.17, 15) is 0 Å². The molecular formula is C22H34N6O2. The quantitative estimate of drug-likeness (QED) is 0.663. The lowest BCUT2D eigenvalue weighted by Gasteiger charge is -2.49. The van der Waals surface area contributed by atoms with E-state index in [0.29, 0.717) is 17.5 Å². The maximum absolute atomic E-state index is 6.46. The molecule has 0 unspecified atom stereocenters. The van der Waals surface area contributed by atoms with Crippen LogP contribution in [0.2, 0.25) is 0 Å². The van der Waals surface area contributed by atoms with Crippen molar-refractivity contribution in [3.63, 3.8) is 0 Å². The van der Waals surface area contributed by atoms with Gasteiger partial charge < -0.3 is 25.8 Å². The number of fused-ring (bicyclic) bond motifs is 1. The van der Waals surface area contributed by atoms with Gasteiger partial charge in [0.05, 0.1) is 19.7 Å². The molecule has 4 N–H and O–H groups in total. The molecule has 1 aromatic heterocycles. The summed E-state index contributed by atoms with van der Waals surface area (Å²) in [5.41, 5.74) is 8.37. The van der Waals surface area contributed by atoms with Crippen LogP contribution in [0.5, 0.6) is 11.5 Å². The van der Waals surface area contributed by atoms with Crippen LogP contribution in [0.3, 0.4) is 0 Å². The van der Waals surface area contributed by atoms with Crippen LogP contribution in [-0.4, -0.2) is 67.9 Å². The fourth-order valence-corrected chi connectivity index (χ4v) is 5.21. The minimum atomic E-state index is 0.0758. The summed E-state index contributed by atoms with van der Waals surface area (Å²) < 4.78 is 11.6. The second-order valence-electron chi connectivity index (χ2n) is 8.37. The molecule has 2 aliphatic rings. The van der Waals surface area contributed by atoms with Crippen LogP contribution in [0.25, 0.3) is 10.9 Å². The smallest absolute Gasteiger partial charge is 0.224 e. The van der Waals surface area contributed by atoms with E-state index in [1.165, 1.54) is 19.3 Å². The molecule has 2 fully saturated rings. The summed E-state index contributed by atoms with van der Waals surface area (Å²) >= 11 is 0. The molecule has 0 bridgehead atoms. The molecule has 1 aromatic carbocycles. The van der Waals surface area contributed by atoms with Gasteiger partial charge >= 0.3 is 0 Å². The first kappa shape index (κ1) is 20.9. The Labute approximate surface area is 178 Å². The molecule has 0 saturated carbocycles. The van der Waals surface area contributed by atoms with Crippen LogP contribution >= 0.6 is 0 Å². The van der Waals surface area contributed by atoms with Crippen LogP contribution in [0.4, 0.5) is 11.8 Å². The first-order valence-corrected chi connectivity index (χ1v) is 11.0. The van der Waals surface area contributed by atoms with Crippen LogP contribution in [0.1, 0.15) is 37.7 Å². The summed E-state index contributed by atoms with van der Waals surface area (Å²) in [5.74, 6) is 2.41. The number of ether oxygens (including phenoxy) is 2. The molecule has 0 radical (unpaired) electrons. The van der Waals surface area contributed by atoms with Gasteiger partial charge in [0.25, 0.3) is 0 Å². The lowest BCUT2D eigenvalue weighted by atomic mass is 9.78. The van der Waals surface area contributed by atoms with Crippen molar-refractivity contribution >= 4 is 22.7 Å². The van der Waals surface area contributed by atoms with Crippen LogP contribution in [-0.2, 0) is 6.42 Å². The van der Waals surface area contributed by atoms with Gasteiger partial charge in [0.15, 0.2) is 11.5 Å². The number of anilines is 2. The monoisotopic (exact) mass is 414 g/mol. The van der Waals surface area contributed by atoms with Gasteiger partial charge in [-0.25, -0.2) is 4.98 Å². The summed E-state index contributed by atoms with van der Waals surface area (Å²) in [7, 11) is 5.16. The number of nitrogens with zero attached hydrogens (tertiary/aromatic N) is 3. The summed E-state index contributed by atoms with van der Waals surface area (Å²) in [6.45, 7) is 4.35. The zero-order valence-corrected chi connectivity index (χ0v) is 18.4. The van der Waals surface area contributed by atoms with Crippen molar-refractivity contribution in [1.82, 2.24) is 20.2 Å². The molecular weight excluding hydrogens is 380 g/mol. The number of likely N-dealkylation sites (tertiary alicyclic amines) is 1. The highest BCUT2D eigenvalue weighted by Crippen LogP contribution is 2.43. The molecule has 0 aliphatic carbocycles. The zero-order valence-electron chi connectivity index (χ0n) is 18.4. The number of nitrogens with two attached hydrogens (primary N) is 1. The summed E-state index contributed by atoms with van der Waals surface area (Å²) in [6.07, 6.45) is 6.90. The molecule has 4 rings (SSSR count). The van der Waals surface area contributed by atoms with E-state index in [1.54, 1.807) is 21.3 Å². The largest absolute Gasteiger partial charge is 0.493 e. The Kier molecular flexibility index (Phi) is 6.15. The van der Waals surface area contributed by atoms with Crippen molar-refractivity contribution in [2.24, 2.45) is 0 Å². The molecule has 2 aromatic rings. The number of hydrogen-bond donors (Lipinski definition) is 3. The molecule has 0 spiro atoms. The molecule has 164 valence electrons. The van der Waals surface area contributed by atoms with Crippen molar-refractivity contribution < 1.29 is 9.47 Å². The molecule has 0 amide bonds. The highest BCUT2D eigenvalue weighted by molar-refractivity contribution is 5.95. The number of hydrogen-bond acceptors (Lipinski definition) is 8. The molecule has 3 heterocycles. The number of nitrogens with one attached hydrogen (secondary N) is 2. The minimum Gasteiger partial charge on any atom is -0.493 e. The number of piperidine rings is 2. The van der Waals surface area contributed by atoms with Gasteiger partial charge in [-0.15, -0.1) is 0 Å². The molecule has 2 saturated heterocycles. The molecule has 30 heavy (non-hydrogen) atoms. The normalized spacial score (nSPS) is 19.6. The molecule has 8 heteroatoms. The Hall–Kier alpha value is -2.32. The number of aromatic nitrogens is 2. The van der Waals surface area contributed by atoms with Gasteiger partial charge in [0, 0.05) is 29.6 Å². The van der Waals surface area contributed by atoms with Gasteiger partial charge in [0.1, 0.15) is 5.82 Å². The van der Waals surface area contributed by atoms with E-state index < -0.39 is 0 Å². The minimum absolute atomic E-state index is 0.0758. The molecule has 8 nitrogen and oxygen atoms in total. The number of benzene rings is 1. The SMILES string of the molecule is CNc1nc(N)c2c(CC3(N4CCCCC4)CCNCC3)c(OC)c(OC)cc2n1. The first-order chi connectivity index (χ1) is 14.6. The van der Waals surface area contributed by atoms with Crippen molar-refractivity contribution in [3.8, 4) is 11.5 Å². The van der Waals surface area contributed by atoms with E-state index in [2.05, 4.69) is 25.5 Å². The number of methoxy groups -OCH3 is 2. The van der Waals surface area contributed by atoms with Gasteiger partial charge in [-0.1, -0.05) is 6.42 Å². The Morgan fingerprint density at radius 3 is 2.50 bits per heavy atom. The zero-order chi connectivity index (χ0) is 21.1. The predicted octanol–water partition coefficient (Wildman–Crippen LogP) is 2.42. The van der Waals surface area contributed by atoms with Crippen molar-refractivity contribution in [2.75, 3.05) is 58.5 Å². The van der Waals surface area contributed by atoms with Crippen LogP contribution in [0, 0.1) is 0 Å². The summed E-state index contributed by atoms with van der Waals surface area (Å²) in [5, 5.41) is 7.41. The highest BCUT2D eigenvalue weighted by atomic mass is 16.5. The first-order valence-electron chi connectivity index (χ1n) is 11.0. The lowest BCUT2D eigenvalue weighted by Crippen LogP contribution is -2.57. The van der Waals surface area contributed by atoms with Crippen molar-refractivity contribution in [3.05, 3.63) is 11.6 Å². The maximum atomic E-state index is 6.46. The van der Waals surface area contributed by atoms with E-state index in [1.807, 2.05) is 6.07 Å². The highest BCUT2D eigenvalue weighted by Gasteiger charge is 2.40.